The van der Waals surface area contributed by atoms with E-state index in [9.17, 15) is 0 Å². The van der Waals surface area contributed by atoms with Crippen LogP contribution in [0.1, 0.15) is 40.8 Å². The lowest BCUT2D eigenvalue weighted by Crippen LogP contribution is -2.39. The van der Waals surface area contributed by atoms with Crippen LogP contribution in [0.5, 0.6) is 0 Å². The van der Waals surface area contributed by atoms with E-state index in [1.54, 1.807) is 0 Å². The zero-order chi connectivity index (χ0) is 15.7. The van der Waals surface area contributed by atoms with E-state index in [0.717, 1.165) is 11.4 Å². The molecule has 2 aromatic rings. The van der Waals surface area contributed by atoms with Crippen LogP contribution in [0.3, 0.4) is 0 Å². The van der Waals surface area contributed by atoms with Crippen LogP contribution in [0.2, 0.25) is 5.02 Å². The fraction of sp³-hybridized carbons (Fsp3) is 0.278. The van der Waals surface area contributed by atoms with Crippen molar-refractivity contribution in [3.8, 4) is 0 Å². The van der Waals surface area contributed by atoms with E-state index in [0.29, 0.717) is 5.96 Å². The molecule has 0 saturated carbocycles. The van der Waals surface area contributed by atoms with E-state index < -0.39 is 0 Å². The zero-order valence-electron chi connectivity index (χ0n) is 12.8. The third kappa shape index (κ3) is 3.09. The van der Waals surface area contributed by atoms with Gasteiger partial charge in [0.2, 0.25) is 0 Å². The summed E-state index contributed by atoms with van der Waals surface area (Å²) in [6.45, 7) is 4.25. The molecule has 1 aliphatic rings. The number of halogens is 1. The van der Waals surface area contributed by atoms with Crippen LogP contribution >= 0.6 is 11.6 Å². The van der Waals surface area contributed by atoms with Gasteiger partial charge in [0.1, 0.15) is 0 Å². The number of aliphatic imine (C=N–C) groups is 1. The summed E-state index contributed by atoms with van der Waals surface area (Å²) in [5, 5.41) is 4.01. The summed E-state index contributed by atoms with van der Waals surface area (Å²) < 4.78 is 0. The molecule has 2 aromatic carbocycles. The fourth-order valence-corrected chi connectivity index (χ4v) is 2.94. The van der Waals surface area contributed by atoms with Gasteiger partial charge in [0, 0.05) is 5.02 Å². The van der Waals surface area contributed by atoms with Gasteiger partial charge in [0.25, 0.3) is 0 Å². The molecule has 4 heteroatoms. The van der Waals surface area contributed by atoms with Gasteiger partial charge < -0.3 is 11.1 Å². The number of rotatable bonds is 2. The first kappa shape index (κ1) is 14.9. The molecule has 2 atom stereocenters. The summed E-state index contributed by atoms with van der Waals surface area (Å²) >= 11 is 5.97. The third-order valence-electron chi connectivity index (χ3n) is 4.26. The summed E-state index contributed by atoms with van der Waals surface area (Å²) in [4.78, 5) is 4.57. The molecule has 3 N–H and O–H groups in total. The van der Waals surface area contributed by atoms with Crippen LogP contribution in [0.15, 0.2) is 47.5 Å². The van der Waals surface area contributed by atoms with E-state index in [4.69, 9.17) is 17.3 Å². The number of guanidine groups is 1. The molecule has 0 fully saturated rings. The van der Waals surface area contributed by atoms with Crippen LogP contribution in [-0.4, -0.2) is 5.96 Å². The second-order valence-corrected chi connectivity index (χ2v) is 6.29. The highest BCUT2D eigenvalue weighted by Crippen LogP contribution is 2.33. The topological polar surface area (TPSA) is 50.4 Å². The molecular weight excluding hydrogens is 294 g/mol. The highest BCUT2D eigenvalue weighted by Gasteiger charge is 2.24. The standard InChI is InChI=1S/C18H20ClN3/c1-11-3-4-14(9-12(11)2)17-10-16(21-18(20)22-17)13-5-7-15(19)8-6-13/h3-9,16-17H,10H2,1-2H3,(H3,20,21,22). The molecule has 1 aliphatic heterocycles. The number of nitrogens with two attached hydrogens (primary N) is 1. The Kier molecular flexibility index (Phi) is 4.08. The second kappa shape index (κ2) is 6.01. The number of hydrogen-bond donors (Lipinski definition) is 2. The SMILES string of the molecule is Cc1ccc(C2CC(c3ccc(Cl)cc3)NC(N)=N2)cc1C. The lowest BCUT2D eigenvalue weighted by molar-refractivity contribution is 0.487. The summed E-state index contributed by atoms with van der Waals surface area (Å²) in [6, 6.07) is 14.6. The van der Waals surface area contributed by atoms with Crippen molar-refractivity contribution in [1.82, 2.24) is 5.32 Å². The normalized spacial score (nSPS) is 21.1. The van der Waals surface area contributed by atoms with Gasteiger partial charge >= 0.3 is 0 Å². The number of benzene rings is 2. The molecule has 0 aliphatic carbocycles. The number of nitrogens with zero attached hydrogens (tertiary/aromatic N) is 1. The predicted octanol–water partition coefficient (Wildman–Crippen LogP) is 4.05. The molecule has 3 nitrogen and oxygen atoms in total. The van der Waals surface area contributed by atoms with Crippen molar-refractivity contribution in [2.24, 2.45) is 10.7 Å². The average Bonchev–Trinajstić information content (AvgIpc) is 2.50. The minimum atomic E-state index is 0.0845. The summed E-state index contributed by atoms with van der Waals surface area (Å²) in [5.74, 6) is 0.495. The minimum Gasteiger partial charge on any atom is -0.370 e. The van der Waals surface area contributed by atoms with Crippen molar-refractivity contribution in [1.29, 1.82) is 0 Å². The van der Waals surface area contributed by atoms with Gasteiger partial charge in [-0.3, -0.25) is 0 Å². The van der Waals surface area contributed by atoms with Crippen molar-refractivity contribution in [2.45, 2.75) is 32.4 Å². The molecule has 0 amide bonds. The molecule has 0 aromatic heterocycles. The Labute approximate surface area is 136 Å². The van der Waals surface area contributed by atoms with Crippen LogP contribution in [0.4, 0.5) is 0 Å². The van der Waals surface area contributed by atoms with Crippen LogP contribution in [-0.2, 0) is 0 Å². The first-order valence-corrected chi connectivity index (χ1v) is 7.83. The number of aryl methyl sites for hydroxylation is 2. The van der Waals surface area contributed by atoms with Crippen molar-refractivity contribution in [2.75, 3.05) is 0 Å². The first-order chi connectivity index (χ1) is 10.5. The smallest absolute Gasteiger partial charge is 0.189 e. The molecule has 114 valence electrons. The van der Waals surface area contributed by atoms with E-state index in [1.165, 1.54) is 22.3 Å². The quantitative estimate of drug-likeness (QED) is 0.879. The molecule has 2 unspecified atom stereocenters. The molecule has 3 rings (SSSR count). The highest BCUT2D eigenvalue weighted by molar-refractivity contribution is 6.30. The second-order valence-electron chi connectivity index (χ2n) is 5.86. The summed E-state index contributed by atoms with van der Waals surface area (Å²) in [5.41, 5.74) is 11.0. The van der Waals surface area contributed by atoms with Crippen LogP contribution in [0.25, 0.3) is 0 Å². The minimum absolute atomic E-state index is 0.0845. The van der Waals surface area contributed by atoms with Gasteiger partial charge in [0.05, 0.1) is 12.1 Å². The first-order valence-electron chi connectivity index (χ1n) is 7.45. The maximum absolute atomic E-state index is 6.00. The Morgan fingerprint density at radius 1 is 1.05 bits per heavy atom. The Morgan fingerprint density at radius 3 is 2.41 bits per heavy atom. The van der Waals surface area contributed by atoms with Gasteiger partial charge in [-0.1, -0.05) is 41.9 Å². The van der Waals surface area contributed by atoms with E-state index in [2.05, 4.69) is 42.4 Å². The van der Waals surface area contributed by atoms with Crippen LogP contribution < -0.4 is 11.1 Å². The Bertz CT molecular complexity index is 707. The maximum Gasteiger partial charge on any atom is 0.189 e. The lowest BCUT2D eigenvalue weighted by Gasteiger charge is -2.29. The van der Waals surface area contributed by atoms with Gasteiger partial charge in [-0.2, -0.15) is 0 Å². The molecule has 0 saturated heterocycles. The molecule has 0 spiro atoms. The van der Waals surface area contributed by atoms with Gasteiger partial charge in [-0.15, -0.1) is 0 Å². The van der Waals surface area contributed by atoms with Crippen LogP contribution in [0, 0.1) is 13.8 Å². The average molecular weight is 314 g/mol. The Hall–Kier alpha value is -2.00. The van der Waals surface area contributed by atoms with Crippen molar-refractivity contribution in [3.05, 3.63) is 69.7 Å². The van der Waals surface area contributed by atoms with Gasteiger partial charge in [-0.05, 0) is 54.7 Å². The van der Waals surface area contributed by atoms with E-state index >= 15 is 0 Å². The molecule has 22 heavy (non-hydrogen) atoms. The summed E-state index contributed by atoms with van der Waals surface area (Å²) in [7, 11) is 0. The maximum atomic E-state index is 6.00. The van der Waals surface area contributed by atoms with Crippen molar-refractivity contribution in [3.63, 3.8) is 0 Å². The molecule has 1 heterocycles. The Morgan fingerprint density at radius 2 is 1.73 bits per heavy atom. The number of hydrogen-bond acceptors (Lipinski definition) is 3. The number of nitrogens with one attached hydrogen (secondary N) is 1. The van der Waals surface area contributed by atoms with E-state index in [-0.39, 0.29) is 12.1 Å². The van der Waals surface area contributed by atoms with Crippen molar-refractivity contribution >= 4 is 17.6 Å². The largest absolute Gasteiger partial charge is 0.370 e. The fourth-order valence-electron chi connectivity index (χ4n) is 2.82. The Balaban J connectivity index is 1.88. The molecule has 0 bridgehead atoms. The predicted molar refractivity (Wildman–Crippen MR) is 92.2 cm³/mol. The lowest BCUT2D eigenvalue weighted by atomic mass is 9.92. The zero-order valence-corrected chi connectivity index (χ0v) is 13.6. The van der Waals surface area contributed by atoms with Gasteiger partial charge in [-0.25, -0.2) is 4.99 Å². The van der Waals surface area contributed by atoms with E-state index in [1.807, 2.05) is 24.3 Å². The molecule has 0 radical (unpaired) electrons. The monoisotopic (exact) mass is 313 g/mol. The third-order valence-corrected chi connectivity index (χ3v) is 4.52. The molecular formula is C18H20ClN3. The summed E-state index contributed by atoms with van der Waals surface area (Å²) in [6.07, 6.45) is 0.880. The highest BCUT2D eigenvalue weighted by atomic mass is 35.5. The van der Waals surface area contributed by atoms with Crippen molar-refractivity contribution < 1.29 is 0 Å². The van der Waals surface area contributed by atoms with Gasteiger partial charge in [0.15, 0.2) is 5.96 Å².